The number of hydrogen-bond acceptors (Lipinski definition) is 8. The molecule has 0 bridgehead atoms. The fourth-order valence-electron chi connectivity index (χ4n) is 6.96. The van der Waals surface area contributed by atoms with Gasteiger partial charge in [0.25, 0.3) is 11.8 Å². The van der Waals surface area contributed by atoms with Crippen molar-refractivity contribution >= 4 is 41.2 Å². The van der Waals surface area contributed by atoms with Crippen LogP contribution in [0.2, 0.25) is 0 Å². The summed E-state index contributed by atoms with van der Waals surface area (Å²) in [6.07, 6.45) is 3.58. The van der Waals surface area contributed by atoms with E-state index in [-0.39, 0.29) is 60.3 Å². The largest absolute Gasteiger partial charge is 0.461 e. The average molecular weight is 601 g/mol. The van der Waals surface area contributed by atoms with Crippen LogP contribution < -0.4 is 10.2 Å². The molecule has 0 spiro atoms. The fourth-order valence-corrected chi connectivity index (χ4v) is 6.96. The molecule has 4 aliphatic rings. The van der Waals surface area contributed by atoms with E-state index in [9.17, 15) is 28.8 Å². The molecular weight excluding hydrogens is 564 g/mol. The van der Waals surface area contributed by atoms with Gasteiger partial charge >= 0.3 is 5.97 Å². The number of amides is 5. The highest BCUT2D eigenvalue weighted by molar-refractivity contribution is 6.25. The third-order valence-corrected chi connectivity index (χ3v) is 9.48. The lowest BCUT2D eigenvalue weighted by atomic mass is 9.84. The second-order valence-corrected chi connectivity index (χ2v) is 12.1. The van der Waals surface area contributed by atoms with Gasteiger partial charge in [-0.15, -0.1) is 0 Å². The van der Waals surface area contributed by atoms with Crippen molar-refractivity contribution in [1.29, 1.82) is 0 Å². The lowest BCUT2D eigenvalue weighted by molar-refractivity contribution is -0.149. The summed E-state index contributed by atoms with van der Waals surface area (Å²) >= 11 is 0. The van der Waals surface area contributed by atoms with Gasteiger partial charge in [0.1, 0.15) is 12.6 Å². The van der Waals surface area contributed by atoms with Gasteiger partial charge in [-0.25, -0.2) is 0 Å². The Hall–Kier alpha value is -4.54. The zero-order valence-electron chi connectivity index (χ0n) is 24.7. The fraction of sp³-hybridized carbons (Fsp3) is 0.455. The van der Waals surface area contributed by atoms with Gasteiger partial charge in [0, 0.05) is 38.5 Å². The number of likely N-dealkylation sites (tertiary alicyclic amines) is 1. The number of hydrogen-bond donors (Lipinski definition) is 1. The molecule has 0 radical (unpaired) electrons. The van der Waals surface area contributed by atoms with Crippen LogP contribution in [-0.2, 0) is 30.5 Å². The van der Waals surface area contributed by atoms with Crippen LogP contribution in [0.4, 0.5) is 5.69 Å². The number of nitrogens with one attached hydrogen (secondary N) is 1. The van der Waals surface area contributed by atoms with Crippen LogP contribution in [0.1, 0.15) is 71.2 Å². The summed E-state index contributed by atoms with van der Waals surface area (Å²) in [6, 6.07) is 13.7. The van der Waals surface area contributed by atoms with Crippen LogP contribution in [0, 0.1) is 11.8 Å². The molecule has 1 unspecified atom stereocenters. The lowest BCUT2D eigenvalue weighted by Gasteiger charge is -2.37. The van der Waals surface area contributed by atoms with Crippen LogP contribution in [0.3, 0.4) is 0 Å². The van der Waals surface area contributed by atoms with E-state index in [0.29, 0.717) is 38.0 Å². The highest BCUT2D eigenvalue weighted by Crippen LogP contribution is 2.37. The van der Waals surface area contributed by atoms with Crippen molar-refractivity contribution < 1.29 is 33.5 Å². The van der Waals surface area contributed by atoms with E-state index in [1.165, 1.54) is 0 Å². The van der Waals surface area contributed by atoms with E-state index >= 15 is 0 Å². The van der Waals surface area contributed by atoms with Crippen LogP contribution in [0.5, 0.6) is 0 Å². The van der Waals surface area contributed by atoms with E-state index in [0.717, 1.165) is 23.3 Å². The van der Waals surface area contributed by atoms with Gasteiger partial charge in [0.05, 0.1) is 22.7 Å². The molecule has 2 saturated heterocycles. The molecule has 6 rings (SSSR count). The number of nitrogens with zero attached hydrogens (tertiary/aromatic N) is 3. The first kappa shape index (κ1) is 29.5. The maximum absolute atomic E-state index is 13.5. The summed E-state index contributed by atoms with van der Waals surface area (Å²) in [5.41, 5.74) is 2.06. The Labute approximate surface area is 255 Å². The average Bonchev–Trinajstić information content (AvgIpc) is 3.63. The van der Waals surface area contributed by atoms with Gasteiger partial charge in [0.15, 0.2) is 0 Å². The molecule has 11 heteroatoms. The number of benzene rings is 2. The number of rotatable bonds is 7. The molecule has 0 aromatic heterocycles. The Kier molecular flexibility index (Phi) is 8.20. The van der Waals surface area contributed by atoms with Gasteiger partial charge in [0.2, 0.25) is 17.7 Å². The molecule has 2 aromatic carbocycles. The molecule has 1 aliphatic carbocycles. The number of imide groups is 2. The highest BCUT2D eigenvalue weighted by Gasteiger charge is 2.46. The molecule has 5 amide bonds. The SMILES string of the molecule is CN(c1cccc2c1C(=O)N(C1CCC(=O)NC1=O)C2=O)C1CCC(C(=O)N2CC[C@@H](C(=O)OCc3ccccc3)C2)CC1. The Bertz CT molecular complexity index is 1500. The maximum atomic E-state index is 13.5. The molecule has 2 atom stereocenters. The summed E-state index contributed by atoms with van der Waals surface area (Å²) in [5.74, 6) is -2.75. The quantitative estimate of drug-likeness (QED) is 0.379. The number of anilines is 1. The Balaban J connectivity index is 1.04. The number of fused-ring (bicyclic) bond motifs is 1. The van der Waals surface area contributed by atoms with E-state index in [4.69, 9.17) is 4.74 Å². The molecule has 2 aromatic rings. The first-order valence-electron chi connectivity index (χ1n) is 15.3. The first-order chi connectivity index (χ1) is 21.2. The van der Waals surface area contributed by atoms with Gasteiger partial charge in [-0.1, -0.05) is 36.4 Å². The minimum Gasteiger partial charge on any atom is -0.461 e. The molecule has 3 aliphatic heterocycles. The summed E-state index contributed by atoms with van der Waals surface area (Å²) in [6.45, 7) is 1.14. The summed E-state index contributed by atoms with van der Waals surface area (Å²) in [5, 5.41) is 2.23. The van der Waals surface area contributed by atoms with Gasteiger partial charge in [-0.3, -0.25) is 39.0 Å². The van der Waals surface area contributed by atoms with Crippen LogP contribution in [0.15, 0.2) is 48.5 Å². The van der Waals surface area contributed by atoms with Crippen LogP contribution in [-0.4, -0.2) is 77.5 Å². The number of carbonyl (C=O) groups excluding carboxylic acids is 6. The lowest BCUT2D eigenvalue weighted by Crippen LogP contribution is -2.54. The van der Waals surface area contributed by atoms with Crippen molar-refractivity contribution in [2.45, 2.75) is 63.6 Å². The van der Waals surface area contributed by atoms with E-state index < -0.39 is 29.7 Å². The van der Waals surface area contributed by atoms with Crippen molar-refractivity contribution in [1.82, 2.24) is 15.1 Å². The second-order valence-electron chi connectivity index (χ2n) is 12.1. The van der Waals surface area contributed by atoms with Gasteiger partial charge in [-0.2, -0.15) is 0 Å². The van der Waals surface area contributed by atoms with Crippen molar-refractivity contribution in [3.63, 3.8) is 0 Å². The van der Waals surface area contributed by atoms with Crippen molar-refractivity contribution in [2.24, 2.45) is 11.8 Å². The maximum Gasteiger partial charge on any atom is 0.311 e. The minimum atomic E-state index is -1.02. The predicted octanol–water partition coefficient (Wildman–Crippen LogP) is 2.67. The summed E-state index contributed by atoms with van der Waals surface area (Å²) < 4.78 is 5.50. The minimum absolute atomic E-state index is 0.0531. The second kappa shape index (κ2) is 12.2. The topological polar surface area (TPSA) is 133 Å². The Morgan fingerprint density at radius 2 is 1.64 bits per heavy atom. The molecule has 3 heterocycles. The normalized spacial score (nSPS) is 25.1. The smallest absolute Gasteiger partial charge is 0.311 e. The third kappa shape index (κ3) is 5.58. The molecule has 11 nitrogen and oxygen atoms in total. The van der Waals surface area contributed by atoms with Crippen LogP contribution >= 0.6 is 0 Å². The van der Waals surface area contributed by atoms with E-state index in [2.05, 4.69) is 5.32 Å². The van der Waals surface area contributed by atoms with Crippen molar-refractivity contribution in [2.75, 3.05) is 25.0 Å². The van der Waals surface area contributed by atoms with Crippen LogP contribution in [0.25, 0.3) is 0 Å². The Morgan fingerprint density at radius 1 is 0.886 bits per heavy atom. The molecule has 1 saturated carbocycles. The number of carbonyl (C=O) groups is 6. The molecule has 1 N–H and O–H groups in total. The summed E-state index contributed by atoms with van der Waals surface area (Å²) in [4.78, 5) is 81.7. The zero-order valence-corrected chi connectivity index (χ0v) is 24.7. The summed E-state index contributed by atoms with van der Waals surface area (Å²) in [7, 11) is 1.89. The highest BCUT2D eigenvalue weighted by atomic mass is 16.5. The van der Waals surface area contributed by atoms with Crippen molar-refractivity contribution in [3.05, 3.63) is 65.2 Å². The standard InChI is InChI=1S/C33H36N4O7/c1-35(25-9-5-8-24-28(25)32(42)37(31(24)41)26-14-15-27(38)34-29(26)39)23-12-10-21(11-13-23)30(40)36-17-16-22(18-36)33(43)44-19-20-6-3-2-4-7-20/h2-9,21-23,26H,10-19H2,1H3,(H,34,38,39)/t21?,22-,23?,26?/m1/s1. The molecular formula is C33H36N4O7. The Morgan fingerprint density at radius 3 is 2.36 bits per heavy atom. The monoisotopic (exact) mass is 600 g/mol. The van der Waals surface area contributed by atoms with E-state index in [1.54, 1.807) is 23.1 Å². The van der Waals surface area contributed by atoms with Gasteiger partial charge in [-0.05, 0) is 56.2 Å². The van der Waals surface area contributed by atoms with Crippen molar-refractivity contribution in [3.8, 4) is 0 Å². The zero-order chi connectivity index (χ0) is 31.0. The number of ether oxygens (including phenoxy) is 1. The van der Waals surface area contributed by atoms with Gasteiger partial charge < -0.3 is 14.5 Å². The predicted molar refractivity (Wildman–Crippen MR) is 158 cm³/mol. The molecule has 44 heavy (non-hydrogen) atoms. The number of esters is 1. The molecule has 3 fully saturated rings. The molecule has 230 valence electrons. The van der Waals surface area contributed by atoms with E-state index in [1.807, 2.05) is 42.3 Å². The first-order valence-corrected chi connectivity index (χ1v) is 15.3. The third-order valence-electron chi connectivity index (χ3n) is 9.48. The number of piperidine rings is 1.